The molecule has 6 heteroatoms. The number of hydrogen-bond acceptors (Lipinski definition) is 5. The number of aromatic nitrogens is 2. The molecular weight excluding hydrogens is 260 g/mol. The number of ether oxygens (including phenoxy) is 2. The molecule has 2 heterocycles. The summed E-state index contributed by atoms with van der Waals surface area (Å²) in [5.74, 6) is 0. The fourth-order valence-electron chi connectivity index (χ4n) is 2.48. The van der Waals surface area contributed by atoms with Crippen molar-refractivity contribution in [2.45, 2.75) is 51.9 Å². The molecular formula is C14H22N2O4. The number of aryl methyl sites for hydroxylation is 1. The van der Waals surface area contributed by atoms with E-state index in [1.165, 1.54) is 0 Å². The third kappa shape index (κ3) is 3.02. The Morgan fingerprint density at radius 3 is 2.90 bits per heavy atom. The van der Waals surface area contributed by atoms with Crippen molar-refractivity contribution in [2.75, 3.05) is 13.2 Å². The first kappa shape index (κ1) is 15.0. The van der Waals surface area contributed by atoms with Crippen molar-refractivity contribution in [1.29, 1.82) is 0 Å². The van der Waals surface area contributed by atoms with Crippen LogP contribution in [0.4, 0.5) is 0 Å². The lowest BCUT2D eigenvalue weighted by Crippen LogP contribution is -2.39. The van der Waals surface area contributed by atoms with Gasteiger partial charge in [0.25, 0.3) is 11.6 Å². The first-order valence-electron chi connectivity index (χ1n) is 7.09. The second-order valence-corrected chi connectivity index (χ2v) is 5.09. The minimum absolute atomic E-state index is 0.0684. The van der Waals surface area contributed by atoms with Crippen LogP contribution >= 0.6 is 0 Å². The average Bonchev–Trinajstić information content (AvgIpc) is 2.43. The molecule has 0 spiro atoms. The lowest BCUT2D eigenvalue weighted by atomic mass is 10.00. The molecule has 20 heavy (non-hydrogen) atoms. The summed E-state index contributed by atoms with van der Waals surface area (Å²) in [5.41, 5.74) is 0.272. The first-order chi connectivity index (χ1) is 9.56. The molecule has 1 fully saturated rings. The van der Waals surface area contributed by atoms with E-state index in [-0.39, 0.29) is 17.7 Å². The minimum atomic E-state index is -0.507. The van der Waals surface area contributed by atoms with Crippen LogP contribution < -0.4 is 10.3 Å². The molecule has 1 aliphatic heterocycles. The smallest absolute Gasteiger partial charge is 0.300 e. The molecule has 3 unspecified atom stereocenters. The van der Waals surface area contributed by atoms with Crippen molar-refractivity contribution in [2.24, 2.45) is 0 Å². The van der Waals surface area contributed by atoms with Gasteiger partial charge in [-0.1, -0.05) is 6.92 Å². The SMILES string of the molecule is CCOc1nc(=O)c(C)cn1C1COC(CC)C(O)C1. The zero-order valence-corrected chi connectivity index (χ0v) is 12.2. The average molecular weight is 282 g/mol. The van der Waals surface area contributed by atoms with E-state index in [4.69, 9.17) is 9.47 Å². The number of hydrogen-bond donors (Lipinski definition) is 1. The predicted octanol–water partition coefficient (Wildman–Crippen LogP) is 1.05. The molecule has 1 aromatic rings. The summed E-state index contributed by atoms with van der Waals surface area (Å²) in [5, 5.41) is 10.1. The van der Waals surface area contributed by atoms with Gasteiger partial charge in [-0.3, -0.25) is 9.36 Å². The lowest BCUT2D eigenvalue weighted by molar-refractivity contribution is -0.0962. The van der Waals surface area contributed by atoms with Crippen LogP contribution in [-0.2, 0) is 4.74 Å². The molecule has 1 aromatic heterocycles. The Balaban J connectivity index is 2.28. The highest BCUT2D eigenvalue weighted by Crippen LogP contribution is 2.27. The highest BCUT2D eigenvalue weighted by molar-refractivity contribution is 5.10. The van der Waals surface area contributed by atoms with Gasteiger partial charge in [-0.05, 0) is 26.7 Å². The molecule has 0 aliphatic carbocycles. The fraction of sp³-hybridized carbons (Fsp3) is 0.714. The molecule has 1 aliphatic rings. The van der Waals surface area contributed by atoms with Gasteiger partial charge in [-0.2, -0.15) is 4.98 Å². The van der Waals surface area contributed by atoms with Crippen molar-refractivity contribution in [1.82, 2.24) is 9.55 Å². The normalized spacial score (nSPS) is 26.5. The maximum Gasteiger partial charge on any atom is 0.300 e. The maximum absolute atomic E-state index is 11.6. The number of nitrogens with zero attached hydrogens (tertiary/aromatic N) is 2. The standard InChI is InChI=1S/C14H22N2O4/c1-4-12-11(17)6-10(8-20-12)16-7-9(3)13(18)15-14(16)19-5-2/h7,10-12,17H,4-6,8H2,1-3H3. The van der Waals surface area contributed by atoms with Crippen LogP contribution in [0.15, 0.2) is 11.0 Å². The topological polar surface area (TPSA) is 73.6 Å². The lowest BCUT2D eigenvalue weighted by Gasteiger charge is -2.34. The Labute approximate surface area is 118 Å². The third-order valence-electron chi connectivity index (χ3n) is 3.60. The zero-order chi connectivity index (χ0) is 14.7. The molecule has 0 radical (unpaired) electrons. The van der Waals surface area contributed by atoms with Gasteiger partial charge >= 0.3 is 0 Å². The van der Waals surface area contributed by atoms with Crippen molar-refractivity contribution in [3.8, 4) is 6.01 Å². The van der Waals surface area contributed by atoms with Crippen LogP contribution in [0, 0.1) is 6.92 Å². The van der Waals surface area contributed by atoms with E-state index >= 15 is 0 Å². The number of rotatable bonds is 4. The number of aliphatic hydroxyl groups excluding tert-OH is 1. The van der Waals surface area contributed by atoms with Gasteiger partial charge in [-0.25, -0.2) is 0 Å². The van der Waals surface area contributed by atoms with Crippen molar-refractivity contribution >= 4 is 0 Å². The van der Waals surface area contributed by atoms with Gasteiger partial charge < -0.3 is 14.6 Å². The van der Waals surface area contributed by atoms with Gasteiger partial charge in [0.15, 0.2) is 0 Å². The zero-order valence-electron chi connectivity index (χ0n) is 12.2. The molecule has 112 valence electrons. The Morgan fingerprint density at radius 1 is 1.55 bits per heavy atom. The van der Waals surface area contributed by atoms with Crippen molar-refractivity contribution < 1.29 is 14.6 Å². The van der Waals surface area contributed by atoms with Gasteiger partial charge in [-0.15, -0.1) is 0 Å². The van der Waals surface area contributed by atoms with Crippen LogP contribution in [0.1, 0.15) is 38.3 Å². The van der Waals surface area contributed by atoms with Crippen LogP contribution in [0.5, 0.6) is 6.01 Å². The van der Waals surface area contributed by atoms with E-state index < -0.39 is 6.10 Å². The van der Waals surface area contributed by atoms with Crippen LogP contribution in [0.2, 0.25) is 0 Å². The summed E-state index contributed by atoms with van der Waals surface area (Å²) in [6, 6.07) is 0.222. The van der Waals surface area contributed by atoms with Crippen molar-refractivity contribution in [3.05, 3.63) is 22.1 Å². The predicted molar refractivity (Wildman–Crippen MR) is 74.1 cm³/mol. The summed E-state index contributed by atoms with van der Waals surface area (Å²) < 4.78 is 12.9. The molecule has 1 saturated heterocycles. The van der Waals surface area contributed by atoms with Gasteiger partial charge in [0, 0.05) is 11.8 Å². The molecule has 3 atom stereocenters. The maximum atomic E-state index is 11.6. The highest BCUT2D eigenvalue weighted by atomic mass is 16.5. The van der Waals surface area contributed by atoms with E-state index in [1.807, 2.05) is 13.8 Å². The van der Waals surface area contributed by atoms with E-state index in [2.05, 4.69) is 4.98 Å². The Hall–Kier alpha value is -1.40. The second kappa shape index (κ2) is 6.37. The summed E-state index contributed by atoms with van der Waals surface area (Å²) in [7, 11) is 0. The van der Waals surface area contributed by atoms with Gasteiger partial charge in [0.2, 0.25) is 0 Å². The largest absolute Gasteiger partial charge is 0.465 e. The first-order valence-corrected chi connectivity index (χ1v) is 7.09. The molecule has 2 rings (SSSR count). The van der Waals surface area contributed by atoms with Crippen molar-refractivity contribution in [3.63, 3.8) is 0 Å². The van der Waals surface area contributed by atoms with E-state index in [9.17, 15) is 9.90 Å². The summed E-state index contributed by atoms with van der Waals surface area (Å²) in [4.78, 5) is 15.6. The fourth-order valence-corrected chi connectivity index (χ4v) is 2.48. The molecule has 0 saturated carbocycles. The highest BCUT2D eigenvalue weighted by Gasteiger charge is 2.31. The Morgan fingerprint density at radius 2 is 2.30 bits per heavy atom. The Kier molecular flexibility index (Phi) is 4.77. The van der Waals surface area contributed by atoms with E-state index in [1.54, 1.807) is 17.7 Å². The molecule has 1 N–H and O–H groups in total. The van der Waals surface area contributed by atoms with Crippen LogP contribution in [0.3, 0.4) is 0 Å². The summed E-state index contributed by atoms with van der Waals surface area (Å²) in [6.07, 6.45) is 2.46. The monoisotopic (exact) mass is 282 g/mol. The Bertz CT molecular complexity index is 514. The van der Waals surface area contributed by atoms with Crippen LogP contribution in [0.25, 0.3) is 0 Å². The third-order valence-corrected chi connectivity index (χ3v) is 3.60. The summed E-state index contributed by atoms with van der Waals surface area (Å²) in [6.45, 7) is 6.47. The van der Waals surface area contributed by atoms with Gasteiger partial charge in [0.05, 0.1) is 31.5 Å². The van der Waals surface area contributed by atoms with Crippen LogP contribution in [-0.4, -0.2) is 40.1 Å². The summed E-state index contributed by atoms with van der Waals surface area (Å²) >= 11 is 0. The molecule has 0 bridgehead atoms. The number of aliphatic hydroxyl groups is 1. The minimum Gasteiger partial charge on any atom is -0.465 e. The molecule has 0 amide bonds. The van der Waals surface area contributed by atoms with E-state index in [0.29, 0.717) is 31.2 Å². The second-order valence-electron chi connectivity index (χ2n) is 5.09. The van der Waals surface area contributed by atoms with Gasteiger partial charge in [0.1, 0.15) is 0 Å². The quantitative estimate of drug-likeness (QED) is 0.893. The van der Waals surface area contributed by atoms with E-state index in [0.717, 1.165) is 6.42 Å². The molecule has 0 aromatic carbocycles. The molecule has 6 nitrogen and oxygen atoms in total.